The lowest BCUT2D eigenvalue weighted by molar-refractivity contribution is 0.258. The van der Waals surface area contributed by atoms with Crippen LogP contribution >= 0.6 is 0 Å². The van der Waals surface area contributed by atoms with Crippen LogP contribution in [0.25, 0.3) is 0 Å². The molecule has 19 heavy (non-hydrogen) atoms. The normalized spacial score (nSPS) is 10.1. The Labute approximate surface area is 113 Å². The van der Waals surface area contributed by atoms with E-state index in [9.17, 15) is 4.79 Å². The Morgan fingerprint density at radius 2 is 1.74 bits per heavy atom. The minimum Gasteiger partial charge on any atom is -0.308 e. The molecule has 2 rings (SSSR count). The molecule has 2 aromatic carbocycles. The number of para-hydroxylation sites is 1. The van der Waals surface area contributed by atoms with Gasteiger partial charge in [-0.2, -0.15) is 0 Å². The Kier molecular flexibility index (Phi) is 3.85. The number of urea groups is 1. The first-order valence-corrected chi connectivity index (χ1v) is 6.25. The molecule has 0 heterocycles. The summed E-state index contributed by atoms with van der Waals surface area (Å²) in [5, 5.41) is 2.87. The molecule has 0 unspecified atom stereocenters. The van der Waals surface area contributed by atoms with Crippen LogP contribution in [-0.2, 0) is 0 Å². The molecular weight excluding hydrogens is 236 g/mol. The van der Waals surface area contributed by atoms with E-state index in [0.29, 0.717) is 0 Å². The highest BCUT2D eigenvalue weighted by molar-refractivity contribution is 6.01. The number of amides is 2. The van der Waals surface area contributed by atoms with Gasteiger partial charge in [-0.05, 0) is 37.6 Å². The van der Waals surface area contributed by atoms with Crippen molar-refractivity contribution in [1.82, 2.24) is 0 Å². The molecule has 0 atom stereocenters. The number of nitrogens with zero attached hydrogens (tertiary/aromatic N) is 1. The van der Waals surface area contributed by atoms with Crippen molar-refractivity contribution in [3.05, 3.63) is 59.7 Å². The number of hydrogen-bond donors (Lipinski definition) is 1. The molecule has 98 valence electrons. The van der Waals surface area contributed by atoms with Gasteiger partial charge in [0.1, 0.15) is 0 Å². The smallest absolute Gasteiger partial charge is 0.308 e. The number of rotatable bonds is 2. The Hall–Kier alpha value is -2.29. The Bertz CT molecular complexity index is 579. The summed E-state index contributed by atoms with van der Waals surface area (Å²) in [6.45, 7) is 4.05. The molecule has 0 radical (unpaired) electrons. The fraction of sp³-hybridized carbons (Fsp3) is 0.188. The van der Waals surface area contributed by atoms with Crippen LogP contribution in [-0.4, -0.2) is 13.1 Å². The Morgan fingerprint density at radius 1 is 1.05 bits per heavy atom. The van der Waals surface area contributed by atoms with Gasteiger partial charge in [0.2, 0.25) is 0 Å². The number of anilines is 2. The molecule has 3 nitrogen and oxygen atoms in total. The van der Waals surface area contributed by atoms with E-state index in [1.54, 1.807) is 11.9 Å². The molecule has 0 fully saturated rings. The quantitative estimate of drug-likeness (QED) is 0.864. The summed E-state index contributed by atoms with van der Waals surface area (Å²) < 4.78 is 0. The van der Waals surface area contributed by atoms with Crippen molar-refractivity contribution in [2.24, 2.45) is 0 Å². The van der Waals surface area contributed by atoms with Crippen LogP contribution in [0.4, 0.5) is 16.2 Å². The van der Waals surface area contributed by atoms with Gasteiger partial charge in [-0.15, -0.1) is 0 Å². The average molecular weight is 254 g/mol. The monoisotopic (exact) mass is 254 g/mol. The fourth-order valence-corrected chi connectivity index (χ4v) is 2.02. The topological polar surface area (TPSA) is 32.3 Å². The van der Waals surface area contributed by atoms with Crippen LogP contribution in [0.1, 0.15) is 11.1 Å². The number of carbonyl (C=O) groups excluding carboxylic acids is 1. The lowest BCUT2D eigenvalue weighted by Gasteiger charge is -2.20. The van der Waals surface area contributed by atoms with E-state index in [0.717, 1.165) is 16.9 Å². The molecule has 2 aromatic rings. The van der Waals surface area contributed by atoms with Crippen LogP contribution in [0, 0.1) is 13.8 Å². The van der Waals surface area contributed by atoms with Crippen molar-refractivity contribution in [3.8, 4) is 0 Å². The van der Waals surface area contributed by atoms with Crippen molar-refractivity contribution in [2.75, 3.05) is 17.3 Å². The second kappa shape index (κ2) is 5.57. The maximum atomic E-state index is 12.2. The molecule has 0 aliphatic heterocycles. The second-order valence-electron chi connectivity index (χ2n) is 4.65. The van der Waals surface area contributed by atoms with Crippen LogP contribution in [0.3, 0.4) is 0 Å². The Balaban J connectivity index is 2.15. The van der Waals surface area contributed by atoms with Crippen LogP contribution in [0.5, 0.6) is 0 Å². The fourth-order valence-electron chi connectivity index (χ4n) is 2.02. The highest BCUT2D eigenvalue weighted by Crippen LogP contribution is 2.20. The number of nitrogens with one attached hydrogen (secondary N) is 1. The zero-order valence-electron chi connectivity index (χ0n) is 11.5. The largest absolute Gasteiger partial charge is 0.326 e. The third-order valence-corrected chi connectivity index (χ3v) is 3.04. The highest BCUT2D eigenvalue weighted by atomic mass is 16.2. The van der Waals surface area contributed by atoms with Gasteiger partial charge in [-0.25, -0.2) is 4.79 Å². The molecular formula is C16H18N2O. The third-order valence-electron chi connectivity index (χ3n) is 3.04. The van der Waals surface area contributed by atoms with Crippen LogP contribution in [0.2, 0.25) is 0 Å². The number of carbonyl (C=O) groups is 1. The van der Waals surface area contributed by atoms with E-state index in [4.69, 9.17) is 0 Å². The van der Waals surface area contributed by atoms with Gasteiger partial charge >= 0.3 is 6.03 Å². The Morgan fingerprint density at radius 3 is 2.37 bits per heavy atom. The van der Waals surface area contributed by atoms with Gasteiger partial charge in [-0.1, -0.05) is 35.9 Å². The predicted octanol–water partition coefficient (Wildman–Crippen LogP) is 3.97. The maximum Gasteiger partial charge on any atom is 0.326 e. The van der Waals surface area contributed by atoms with Gasteiger partial charge in [0.05, 0.1) is 0 Å². The van der Waals surface area contributed by atoms with E-state index in [-0.39, 0.29) is 6.03 Å². The molecule has 2 amide bonds. The first kappa shape index (κ1) is 13.1. The molecule has 0 aliphatic rings. The lowest BCUT2D eigenvalue weighted by atomic mass is 10.1. The molecule has 0 bridgehead atoms. The van der Waals surface area contributed by atoms with Crippen molar-refractivity contribution in [1.29, 1.82) is 0 Å². The maximum absolute atomic E-state index is 12.2. The second-order valence-corrected chi connectivity index (χ2v) is 4.65. The van der Waals surface area contributed by atoms with E-state index in [1.807, 2.05) is 56.3 Å². The average Bonchev–Trinajstić information content (AvgIpc) is 2.39. The van der Waals surface area contributed by atoms with Crippen molar-refractivity contribution in [2.45, 2.75) is 13.8 Å². The third kappa shape index (κ3) is 3.13. The summed E-state index contributed by atoms with van der Waals surface area (Å²) >= 11 is 0. The van der Waals surface area contributed by atoms with Crippen LogP contribution in [0.15, 0.2) is 48.5 Å². The van der Waals surface area contributed by atoms with Gasteiger partial charge < -0.3 is 5.32 Å². The number of benzene rings is 2. The van der Waals surface area contributed by atoms with E-state index >= 15 is 0 Å². The number of aryl methyl sites for hydroxylation is 2. The van der Waals surface area contributed by atoms with Crippen molar-refractivity contribution < 1.29 is 4.79 Å². The molecule has 0 saturated carbocycles. The first-order valence-electron chi connectivity index (χ1n) is 6.25. The van der Waals surface area contributed by atoms with Crippen molar-refractivity contribution >= 4 is 17.4 Å². The van der Waals surface area contributed by atoms with Gasteiger partial charge in [-0.3, -0.25) is 4.90 Å². The van der Waals surface area contributed by atoms with Gasteiger partial charge in [0, 0.05) is 18.4 Å². The summed E-state index contributed by atoms with van der Waals surface area (Å²) in [6.07, 6.45) is 0. The van der Waals surface area contributed by atoms with Crippen molar-refractivity contribution in [3.63, 3.8) is 0 Å². The summed E-state index contributed by atoms with van der Waals surface area (Å²) in [5.41, 5.74) is 3.99. The van der Waals surface area contributed by atoms with Gasteiger partial charge in [0.25, 0.3) is 0 Å². The van der Waals surface area contributed by atoms with Crippen LogP contribution < -0.4 is 10.2 Å². The number of hydrogen-bond acceptors (Lipinski definition) is 1. The predicted molar refractivity (Wildman–Crippen MR) is 79.8 cm³/mol. The minimum absolute atomic E-state index is 0.141. The molecule has 0 aliphatic carbocycles. The molecule has 0 spiro atoms. The summed E-state index contributed by atoms with van der Waals surface area (Å²) in [4.78, 5) is 13.8. The molecule has 1 N–H and O–H groups in total. The lowest BCUT2D eigenvalue weighted by Crippen LogP contribution is -2.31. The standard InChI is InChI=1S/C16H18N2O/c1-12-9-10-15(13(2)11-12)18(3)16(19)17-14-7-5-4-6-8-14/h4-11H,1-3H3,(H,17,19). The van der Waals surface area contributed by atoms with E-state index in [1.165, 1.54) is 5.56 Å². The van der Waals surface area contributed by atoms with E-state index in [2.05, 4.69) is 11.4 Å². The summed E-state index contributed by atoms with van der Waals surface area (Å²) in [6, 6.07) is 15.4. The zero-order valence-corrected chi connectivity index (χ0v) is 11.5. The van der Waals surface area contributed by atoms with Gasteiger partial charge in [0.15, 0.2) is 0 Å². The molecule has 0 saturated heterocycles. The molecule has 3 heteroatoms. The summed E-state index contributed by atoms with van der Waals surface area (Å²) in [5.74, 6) is 0. The SMILES string of the molecule is Cc1ccc(N(C)C(=O)Nc2ccccc2)c(C)c1. The first-order chi connectivity index (χ1) is 9.08. The summed E-state index contributed by atoms with van der Waals surface area (Å²) in [7, 11) is 1.77. The van der Waals surface area contributed by atoms with E-state index < -0.39 is 0 Å². The highest BCUT2D eigenvalue weighted by Gasteiger charge is 2.12. The molecule has 0 aromatic heterocycles. The zero-order chi connectivity index (χ0) is 13.8. The minimum atomic E-state index is -0.141.